The number of aliphatic carboxylic acids is 1. The summed E-state index contributed by atoms with van der Waals surface area (Å²) in [5.41, 5.74) is 3.47. The number of pyridine rings is 1. The quantitative estimate of drug-likeness (QED) is 0.408. The standard InChI is InChI=1S/C26H21NO4S2/c1-18-6-8-19(9-7-18)10-11-23-12-13-25(32-23)33(30,31)17-22(26(28)29)15-20-14-21-4-2-3-5-24(21)27-16-20/h2-9,12-14,16,22H,15,17H2,1H3,(H,28,29)/t22-/m0/s1. The van der Waals surface area contributed by atoms with Gasteiger partial charge >= 0.3 is 5.97 Å². The summed E-state index contributed by atoms with van der Waals surface area (Å²) in [6.45, 7) is 1.99. The second-order valence-corrected chi connectivity index (χ2v) is 11.1. The molecular formula is C26H21NO4S2. The number of aryl methyl sites for hydroxylation is 1. The van der Waals surface area contributed by atoms with E-state index in [0.29, 0.717) is 10.4 Å². The van der Waals surface area contributed by atoms with E-state index in [2.05, 4.69) is 16.8 Å². The van der Waals surface area contributed by atoms with Crippen molar-refractivity contribution in [1.82, 2.24) is 4.98 Å². The van der Waals surface area contributed by atoms with Gasteiger partial charge in [-0.05, 0) is 55.3 Å². The lowest BCUT2D eigenvalue weighted by atomic mass is 10.0. The largest absolute Gasteiger partial charge is 0.481 e. The third-order valence-electron chi connectivity index (χ3n) is 5.17. The van der Waals surface area contributed by atoms with Crippen LogP contribution >= 0.6 is 11.3 Å². The molecule has 0 fully saturated rings. The van der Waals surface area contributed by atoms with Crippen LogP contribution in [0.3, 0.4) is 0 Å². The topological polar surface area (TPSA) is 84.3 Å². The van der Waals surface area contributed by atoms with E-state index in [4.69, 9.17) is 0 Å². The average molecular weight is 476 g/mol. The molecule has 0 unspecified atom stereocenters. The van der Waals surface area contributed by atoms with Crippen LogP contribution in [0.5, 0.6) is 0 Å². The van der Waals surface area contributed by atoms with Crippen molar-refractivity contribution in [2.24, 2.45) is 5.92 Å². The molecule has 0 aliphatic rings. The molecule has 2 aromatic carbocycles. The highest BCUT2D eigenvalue weighted by Gasteiger charge is 2.28. The Balaban J connectivity index is 1.51. The van der Waals surface area contributed by atoms with Crippen LogP contribution in [0.2, 0.25) is 0 Å². The Morgan fingerprint density at radius 1 is 1.06 bits per heavy atom. The van der Waals surface area contributed by atoms with Crippen LogP contribution in [-0.4, -0.2) is 30.2 Å². The van der Waals surface area contributed by atoms with E-state index in [1.54, 1.807) is 12.3 Å². The molecule has 4 rings (SSSR count). The molecule has 0 amide bonds. The number of thiophene rings is 1. The Kier molecular flexibility index (Phi) is 6.59. The van der Waals surface area contributed by atoms with Gasteiger partial charge in [0, 0.05) is 17.1 Å². The maximum Gasteiger partial charge on any atom is 0.307 e. The van der Waals surface area contributed by atoms with Gasteiger partial charge < -0.3 is 5.11 Å². The normalized spacial score (nSPS) is 12.2. The van der Waals surface area contributed by atoms with E-state index in [-0.39, 0.29) is 10.6 Å². The third-order valence-corrected chi connectivity index (χ3v) is 8.57. The van der Waals surface area contributed by atoms with Crippen LogP contribution in [0, 0.1) is 24.7 Å². The third kappa shape index (κ3) is 5.67. The van der Waals surface area contributed by atoms with Crippen LogP contribution in [0.1, 0.15) is 21.6 Å². The van der Waals surface area contributed by atoms with E-state index in [1.165, 1.54) is 6.07 Å². The second kappa shape index (κ2) is 9.57. The summed E-state index contributed by atoms with van der Waals surface area (Å²) in [4.78, 5) is 16.8. The summed E-state index contributed by atoms with van der Waals surface area (Å²) >= 11 is 1.06. The highest BCUT2D eigenvalue weighted by molar-refractivity contribution is 7.93. The minimum absolute atomic E-state index is 0.0812. The highest BCUT2D eigenvalue weighted by Crippen LogP contribution is 2.25. The highest BCUT2D eigenvalue weighted by atomic mass is 32.2. The molecule has 166 valence electrons. The Hall–Kier alpha value is -3.47. The van der Waals surface area contributed by atoms with Gasteiger partial charge in [-0.1, -0.05) is 47.7 Å². The molecule has 2 aromatic heterocycles. The average Bonchev–Trinajstić information content (AvgIpc) is 3.28. The molecule has 1 atom stereocenters. The molecule has 4 aromatic rings. The number of hydrogen-bond donors (Lipinski definition) is 1. The first-order valence-electron chi connectivity index (χ1n) is 10.3. The number of para-hydroxylation sites is 1. The molecule has 0 radical (unpaired) electrons. The summed E-state index contributed by atoms with van der Waals surface area (Å²) in [6.07, 6.45) is 1.69. The summed E-state index contributed by atoms with van der Waals surface area (Å²) in [6, 6.07) is 20.3. The lowest BCUT2D eigenvalue weighted by Gasteiger charge is -2.12. The Morgan fingerprint density at radius 3 is 2.58 bits per heavy atom. The molecule has 0 spiro atoms. The molecular weight excluding hydrogens is 454 g/mol. The first kappa shape index (κ1) is 22.7. The molecule has 0 saturated carbocycles. The number of carbonyl (C=O) groups is 1. The minimum atomic E-state index is -3.79. The van der Waals surface area contributed by atoms with Gasteiger partial charge in [0.25, 0.3) is 0 Å². The molecule has 0 aliphatic heterocycles. The molecule has 0 aliphatic carbocycles. The summed E-state index contributed by atoms with van der Waals surface area (Å²) in [7, 11) is -3.79. The first-order chi connectivity index (χ1) is 15.8. The van der Waals surface area contributed by atoms with Crippen molar-refractivity contribution in [3.05, 3.63) is 94.5 Å². The Bertz CT molecular complexity index is 1480. The van der Waals surface area contributed by atoms with Gasteiger partial charge in [-0.15, -0.1) is 11.3 Å². The Morgan fingerprint density at radius 2 is 1.82 bits per heavy atom. The number of rotatable bonds is 6. The van der Waals surface area contributed by atoms with Gasteiger partial charge in [0.15, 0.2) is 9.84 Å². The smallest absolute Gasteiger partial charge is 0.307 e. The van der Waals surface area contributed by atoms with Crippen molar-refractivity contribution in [3.8, 4) is 11.8 Å². The SMILES string of the molecule is Cc1ccc(C#Cc2ccc(S(=O)(=O)C[C@H](Cc3cnc4ccccc4c3)C(=O)O)s2)cc1. The summed E-state index contributed by atoms with van der Waals surface area (Å²) < 4.78 is 26.0. The zero-order valence-electron chi connectivity index (χ0n) is 17.9. The summed E-state index contributed by atoms with van der Waals surface area (Å²) in [5, 5.41) is 10.6. The van der Waals surface area contributed by atoms with Gasteiger partial charge in [-0.2, -0.15) is 0 Å². The van der Waals surface area contributed by atoms with Gasteiger partial charge in [0.05, 0.1) is 22.1 Å². The number of sulfone groups is 1. The van der Waals surface area contributed by atoms with Crippen molar-refractivity contribution in [2.45, 2.75) is 17.6 Å². The minimum Gasteiger partial charge on any atom is -0.481 e. The first-order valence-corrected chi connectivity index (χ1v) is 12.7. The maximum atomic E-state index is 13.0. The van der Waals surface area contributed by atoms with Crippen LogP contribution < -0.4 is 0 Å². The molecule has 2 heterocycles. The zero-order chi connectivity index (χ0) is 23.4. The maximum absolute atomic E-state index is 13.0. The van der Waals surface area contributed by atoms with Crippen LogP contribution in [-0.2, 0) is 21.1 Å². The number of carboxylic acid groups (broad SMARTS) is 1. The van der Waals surface area contributed by atoms with Gasteiger partial charge in [-0.25, -0.2) is 8.42 Å². The Labute approximate surface area is 196 Å². The summed E-state index contributed by atoms with van der Waals surface area (Å²) in [5.74, 6) is 3.29. The van der Waals surface area contributed by atoms with Crippen LogP contribution in [0.15, 0.2) is 77.1 Å². The molecule has 33 heavy (non-hydrogen) atoms. The van der Waals surface area contributed by atoms with E-state index < -0.39 is 27.5 Å². The predicted molar refractivity (Wildman–Crippen MR) is 130 cm³/mol. The van der Waals surface area contributed by atoms with Crippen LogP contribution in [0.4, 0.5) is 0 Å². The number of fused-ring (bicyclic) bond motifs is 1. The van der Waals surface area contributed by atoms with E-state index in [0.717, 1.165) is 33.4 Å². The van der Waals surface area contributed by atoms with E-state index >= 15 is 0 Å². The molecule has 7 heteroatoms. The number of aromatic nitrogens is 1. The van der Waals surface area contributed by atoms with Crippen LogP contribution in [0.25, 0.3) is 10.9 Å². The van der Waals surface area contributed by atoms with Crippen molar-refractivity contribution in [1.29, 1.82) is 0 Å². The fourth-order valence-corrected chi connectivity index (χ4v) is 6.20. The molecule has 1 N–H and O–H groups in total. The fraction of sp³-hybridized carbons (Fsp3) is 0.154. The number of benzene rings is 2. The van der Waals surface area contributed by atoms with Gasteiger partial charge in [0.1, 0.15) is 4.21 Å². The van der Waals surface area contributed by atoms with Crippen molar-refractivity contribution < 1.29 is 18.3 Å². The zero-order valence-corrected chi connectivity index (χ0v) is 19.5. The fourth-order valence-electron chi connectivity index (χ4n) is 3.40. The monoisotopic (exact) mass is 475 g/mol. The number of nitrogens with zero attached hydrogens (tertiary/aromatic N) is 1. The predicted octanol–water partition coefficient (Wildman–Crippen LogP) is 4.72. The van der Waals surface area contributed by atoms with Crippen molar-refractivity contribution in [3.63, 3.8) is 0 Å². The molecule has 0 bridgehead atoms. The lowest BCUT2D eigenvalue weighted by molar-refractivity contribution is -0.140. The number of hydrogen-bond acceptors (Lipinski definition) is 5. The van der Waals surface area contributed by atoms with E-state index in [9.17, 15) is 18.3 Å². The van der Waals surface area contributed by atoms with Crippen molar-refractivity contribution >= 4 is 38.0 Å². The lowest BCUT2D eigenvalue weighted by Crippen LogP contribution is -2.25. The number of carboxylic acids is 1. The van der Waals surface area contributed by atoms with Gasteiger partial charge in [-0.3, -0.25) is 9.78 Å². The van der Waals surface area contributed by atoms with E-state index in [1.807, 2.05) is 61.5 Å². The molecule has 5 nitrogen and oxygen atoms in total. The van der Waals surface area contributed by atoms with Gasteiger partial charge in [0.2, 0.25) is 0 Å². The second-order valence-electron chi connectivity index (χ2n) is 7.79. The molecule has 0 saturated heterocycles. The van der Waals surface area contributed by atoms with Crippen molar-refractivity contribution in [2.75, 3.05) is 5.75 Å².